The van der Waals surface area contributed by atoms with Crippen LogP contribution in [0.2, 0.25) is 0 Å². The van der Waals surface area contributed by atoms with E-state index < -0.39 is 17.3 Å². The normalized spacial score (nSPS) is 18.8. The number of rotatable bonds is 6. The van der Waals surface area contributed by atoms with Crippen LogP contribution >= 0.6 is 0 Å². The van der Waals surface area contributed by atoms with Crippen molar-refractivity contribution in [3.63, 3.8) is 0 Å². The first-order valence-corrected chi connectivity index (χ1v) is 9.01. The van der Waals surface area contributed by atoms with Gasteiger partial charge in [0.25, 0.3) is 0 Å². The molecule has 0 aliphatic carbocycles. The molecule has 2 N–H and O–H groups in total. The maximum absolute atomic E-state index is 12.3. The highest BCUT2D eigenvalue weighted by molar-refractivity contribution is 5.76. The van der Waals surface area contributed by atoms with Crippen molar-refractivity contribution in [3.05, 3.63) is 0 Å². The predicted octanol–water partition coefficient (Wildman–Crippen LogP) is 2.69. The molecule has 6 nitrogen and oxygen atoms in total. The number of hydrogen-bond donors (Lipinski definition) is 2. The van der Waals surface area contributed by atoms with Gasteiger partial charge in [0.2, 0.25) is 5.91 Å². The largest absolute Gasteiger partial charge is 0.444 e. The standard InChI is InChI=1S/C18H34N2O4/c1-6-7-14(2)12-15(21)20-10-8-18(23,9-11-20)13-19-16(22)24-17(3,4)5/h14,23H,6-13H2,1-5H3,(H,19,22). The number of nitrogens with zero attached hydrogens (tertiary/aromatic N) is 1. The molecule has 140 valence electrons. The number of hydrogen-bond acceptors (Lipinski definition) is 4. The van der Waals surface area contributed by atoms with Gasteiger partial charge in [0.15, 0.2) is 0 Å². The lowest BCUT2D eigenvalue weighted by molar-refractivity contribution is -0.136. The number of amides is 2. The summed E-state index contributed by atoms with van der Waals surface area (Å²) in [6.45, 7) is 10.8. The molecule has 0 bridgehead atoms. The summed E-state index contributed by atoms with van der Waals surface area (Å²) in [6, 6.07) is 0. The van der Waals surface area contributed by atoms with E-state index in [1.165, 1.54) is 0 Å². The minimum atomic E-state index is -0.970. The number of carbonyl (C=O) groups excluding carboxylic acids is 2. The number of alkyl carbamates (subject to hydrolysis) is 1. The van der Waals surface area contributed by atoms with Crippen LogP contribution in [0.15, 0.2) is 0 Å². The van der Waals surface area contributed by atoms with Gasteiger partial charge in [0.1, 0.15) is 5.60 Å². The number of carbonyl (C=O) groups is 2. The Labute approximate surface area is 145 Å². The van der Waals surface area contributed by atoms with Gasteiger partial charge in [0.05, 0.1) is 5.60 Å². The summed E-state index contributed by atoms with van der Waals surface area (Å²) in [5, 5.41) is 13.2. The molecule has 1 unspecified atom stereocenters. The van der Waals surface area contributed by atoms with Gasteiger partial charge in [-0.1, -0.05) is 26.7 Å². The third-order valence-electron chi connectivity index (χ3n) is 4.31. The quantitative estimate of drug-likeness (QED) is 0.778. The molecular weight excluding hydrogens is 308 g/mol. The lowest BCUT2D eigenvalue weighted by Gasteiger charge is -2.38. The zero-order chi connectivity index (χ0) is 18.4. The van der Waals surface area contributed by atoms with Crippen molar-refractivity contribution >= 4 is 12.0 Å². The number of ether oxygens (including phenoxy) is 1. The monoisotopic (exact) mass is 342 g/mol. The van der Waals surface area contributed by atoms with E-state index >= 15 is 0 Å². The topological polar surface area (TPSA) is 78.9 Å². The molecule has 1 aliphatic heterocycles. The maximum Gasteiger partial charge on any atom is 0.407 e. The van der Waals surface area contributed by atoms with E-state index in [2.05, 4.69) is 19.2 Å². The Morgan fingerprint density at radius 2 is 1.88 bits per heavy atom. The second-order valence-corrected chi connectivity index (χ2v) is 8.06. The van der Waals surface area contributed by atoms with Gasteiger partial charge in [-0.05, 0) is 39.5 Å². The molecule has 1 heterocycles. The Balaban J connectivity index is 2.38. The van der Waals surface area contributed by atoms with Crippen LogP contribution in [0.1, 0.15) is 66.7 Å². The molecule has 0 radical (unpaired) electrons. The van der Waals surface area contributed by atoms with Gasteiger partial charge in [-0.2, -0.15) is 0 Å². The fraction of sp³-hybridized carbons (Fsp3) is 0.889. The first-order chi connectivity index (χ1) is 11.0. The van der Waals surface area contributed by atoms with Crippen molar-refractivity contribution in [1.29, 1.82) is 0 Å². The Hall–Kier alpha value is -1.30. The van der Waals surface area contributed by atoms with Gasteiger partial charge in [-0.3, -0.25) is 4.79 Å². The second kappa shape index (κ2) is 8.70. The van der Waals surface area contributed by atoms with E-state index in [1.807, 2.05) is 4.90 Å². The van der Waals surface area contributed by atoms with E-state index in [0.717, 1.165) is 12.8 Å². The Morgan fingerprint density at radius 3 is 2.38 bits per heavy atom. The highest BCUT2D eigenvalue weighted by Crippen LogP contribution is 2.23. The van der Waals surface area contributed by atoms with Crippen molar-refractivity contribution in [1.82, 2.24) is 10.2 Å². The molecule has 0 aromatic carbocycles. The summed E-state index contributed by atoms with van der Waals surface area (Å²) in [6.07, 6.45) is 3.13. The highest BCUT2D eigenvalue weighted by atomic mass is 16.6. The molecule has 1 fully saturated rings. The van der Waals surface area contributed by atoms with E-state index in [4.69, 9.17) is 4.74 Å². The molecular formula is C18H34N2O4. The third-order valence-corrected chi connectivity index (χ3v) is 4.31. The molecule has 0 aromatic rings. The Bertz CT molecular complexity index is 423. The summed E-state index contributed by atoms with van der Waals surface area (Å²) < 4.78 is 5.17. The van der Waals surface area contributed by atoms with E-state index in [0.29, 0.717) is 38.3 Å². The van der Waals surface area contributed by atoms with Crippen LogP contribution in [0.4, 0.5) is 4.79 Å². The summed E-state index contributed by atoms with van der Waals surface area (Å²) in [4.78, 5) is 25.8. The predicted molar refractivity (Wildman–Crippen MR) is 93.7 cm³/mol. The van der Waals surface area contributed by atoms with Crippen LogP contribution < -0.4 is 5.32 Å². The van der Waals surface area contributed by atoms with Crippen molar-refractivity contribution in [2.45, 2.75) is 77.9 Å². The summed E-state index contributed by atoms with van der Waals surface area (Å²) in [5.41, 5.74) is -1.53. The van der Waals surface area contributed by atoms with Crippen molar-refractivity contribution in [3.8, 4) is 0 Å². The van der Waals surface area contributed by atoms with Crippen LogP contribution in [0.5, 0.6) is 0 Å². The Kier molecular flexibility index (Phi) is 7.52. The average Bonchev–Trinajstić information content (AvgIpc) is 2.44. The molecule has 1 atom stereocenters. The smallest absolute Gasteiger partial charge is 0.407 e. The fourth-order valence-corrected chi connectivity index (χ4v) is 2.92. The fourth-order valence-electron chi connectivity index (χ4n) is 2.92. The minimum absolute atomic E-state index is 0.149. The van der Waals surface area contributed by atoms with Crippen LogP contribution in [-0.2, 0) is 9.53 Å². The maximum atomic E-state index is 12.3. The summed E-state index contributed by atoms with van der Waals surface area (Å²) in [5.74, 6) is 0.565. The van der Waals surface area contributed by atoms with Crippen LogP contribution in [-0.4, -0.2) is 52.8 Å². The SMILES string of the molecule is CCCC(C)CC(=O)N1CCC(O)(CNC(=O)OC(C)(C)C)CC1. The van der Waals surface area contributed by atoms with Gasteiger partial charge in [-0.25, -0.2) is 4.79 Å². The zero-order valence-corrected chi connectivity index (χ0v) is 15.9. The lowest BCUT2D eigenvalue weighted by Crippen LogP contribution is -2.52. The number of nitrogens with one attached hydrogen (secondary N) is 1. The first-order valence-electron chi connectivity index (χ1n) is 9.01. The minimum Gasteiger partial charge on any atom is -0.444 e. The van der Waals surface area contributed by atoms with Crippen LogP contribution in [0, 0.1) is 5.92 Å². The lowest BCUT2D eigenvalue weighted by atomic mass is 9.90. The third kappa shape index (κ3) is 7.51. The number of aliphatic hydroxyl groups is 1. The molecule has 1 rings (SSSR count). The van der Waals surface area contributed by atoms with E-state index in [9.17, 15) is 14.7 Å². The summed E-state index contributed by atoms with van der Waals surface area (Å²) >= 11 is 0. The van der Waals surface area contributed by atoms with Gasteiger partial charge >= 0.3 is 6.09 Å². The van der Waals surface area contributed by atoms with Crippen molar-refractivity contribution in [2.75, 3.05) is 19.6 Å². The average molecular weight is 342 g/mol. The second-order valence-electron chi connectivity index (χ2n) is 8.06. The van der Waals surface area contributed by atoms with Crippen molar-refractivity contribution in [2.24, 2.45) is 5.92 Å². The molecule has 1 aliphatic rings. The molecule has 1 saturated heterocycles. The molecule has 24 heavy (non-hydrogen) atoms. The summed E-state index contributed by atoms with van der Waals surface area (Å²) in [7, 11) is 0. The van der Waals surface area contributed by atoms with Crippen LogP contribution in [0.25, 0.3) is 0 Å². The molecule has 0 spiro atoms. The molecule has 0 saturated carbocycles. The molecule has 0 aromatic heterocycles. The van der Waals surface area contributed by atoms with Gasteiger partial charge in [0, 0.05) is 26.1 Å². The number of likely N-dealkylation sites (tertiary alicyclic amines) is 1. The van der Waals surface area contributed by atoms with Gasteiger partial charge in [-0.15, -0.1) is 0 Å². The number of piperidine rings is 1. The first kappa shape index (κ1) is 20.7. The van der Waals surface area contributed by atoms with Crippen LogP contribution in [0.3, 0.4) is 0 Å². The molecule has 6 heteroatoms. The van der Waals surface area contributed by atoms with E-state index in [1.54, 1.807) is 20.8 Å². The molecule has 2 amide bonds. The van der Waals surface area contributed by atoms with E-state index in [-0.39, 0.29) is 12.5 Å². The zero-order valence-electron chi connectivity index (χ0n) is 15.9. The van der Waals surface area contributed by atoms with Gasteiger partial charge < -0.3 is 20.1 Å². The highest BCUT2D eigenvalue weighted by Gasteiger charge is 2.34. The van der Waals surface area contributed by atoms with Crippen molar-refractivity contribution < 1.29 is 19.4 Å². The Morgan fingerprint density at radius 1 is 1.29 bits per heavy atom.